The second kappa shape index (κ2) is 2.59. The van der Waals surface area contributed by atoms with Gasteiger partial charge in [0.25, 0.3) is 0 Å². The van der Waals surface area contributed by atoms with Gasteiger partial charge in [0.05, 0.1) is 11.4 Å². The molecule has 0 spiro atoms. The molecule has 62 valence electrons. The van der Waals surface area contributed by atoms with E-state index in [-0.39, 0.29) is 0 Å². The van der Waals surface area contributed by atoms with E-state index in [1.54, 1.807) is 18.3 Å². The van der Waals surface area contributed by atoms with Crippen LogP contribution < -0.4 is 5.73 Å². The molecule has 1 heterocycles. The van der Waals surface area contributed by atoms with Crippen molar-refractivity contribution >= 4 is 11.4 Å². The van der Waals surface area contributed by atoms with Gasteiger partial charge in [0.1, 0.15) is 5.69 Å². The Balaban J connectivity index is 2.32. The number of nitrogens with two attached hydrogens (primary N) is 1. The van der Waals surface area contributed by atoms with Crippen LogP contribution >= 0.6 is 0 Å². The van der Waals surface area contributed by atoms with Crippen molar-refractivity contribution in [2.75, 3.05) is 5.73 Å². The van der Waals surface area contributed by atoms with Gasteiger partial charge in [-0.1, -0.05) is 0 Å². The molecule has 3 heteroatoms. The van der Waals surface area contributed by atoms with Crippen LogP contribution in [0.15, 0.2) is 18.3 Å². The maximum atomic E-state index is 7.75. The number of hydrogen-bond acceptors (Lipinski definition) is 3. The van der Waals surface area contributed by atoms with E-state index in [4.69, 9.17) is 11.1 Å². The fourth-order valence-electron chi connectivity index (χ4n) is 1.21. The summed E-state index contributed by atoms with van der Waals surface area (Å²) in [6, 6.07) is 3.58. The van der Waals surface area contributed by atoms with Crippen molar-refractivity contribution in [3.63, 3.8) is 0 Å². The summed E-state index contributed by atoms with van der Waals surface area (Å²) in [5.74, 6) is 0.419. The molecular weight excluding hydrogens is 150 g/mol. The van der Waals surface area contributed by atoms with Crippen molar-refractivity contribution in [1.82, 2.24) is 4.98 Å². The Kier molecular flexibility index (Phi) is 1.57. The van der Waals surface area contributed by atoms with E-state index in [2.05, 4.69) is 4.98 Å². The lowest BCUT2D eigenvalue weighted by atomic mass is 10.1. The first-order valence-corrected chi connectivity index (χ1v) is 4.08. The van der Waals surface area contributed by atoms with Crippen molar-refractivity contribution in [2.24, 2.45) is 5.92 Å². The van der Waals surface area contributed by atoms with Crippen LogP contribution in [0.1, 0.15) is 18.5 Å². The molecule has 12 heavy (non-hydrogen) atoms. The summed E-state index contributed by atoms with van der Waals surface area (Å²) < 4.78 is 0. The molecule has 0 aliphatic heterocycles. The average molecular weight is 161 g/mol. The molecule has 2 rings (SSSR count). The molecule has 3 nitrogen and oxygen atoms in total. The highest BCUT2D eigenvalue weighted by Crippen LogP contribution is 2.33. The molecule has 1 aliphatic carbocycles. The summed E-state index contributed by atoms with van der Waals surface area (Å²) >= 11 is 0. The molecule has 1 saturated carbocycles. The summed E-state index contributed by atoms with van der Waals surface area (Å²) in [5.41, 5.74) is 7.57. The second-order valence-corrected chi connectivity index (χ2v) is 3.13. The Hall–Kier alpha value is -1.38. The maximum absolute atomic E-state index is 7.75. The predicted molar refractivity (Wildman–Crippen MR) is 48.2 cm³/mol. The highest BCUT2D eigenvalue weighted by molar-refractivity contribution is 6.03. The fraction of sp³-hybridized carbons (Fsp3) is 0.333. The van der Waals surface area contributed by atoms with E-state index in [1.807, 2.05) is 0 Å². The third kappa shape index (κ3) is 1.18. The zero-order valence-corrected chi connectivity index (χ0v) is 6.75. The monoisotopic (exact) mass is 161 g/mol. The SMILES string of the molecule is N=C(c1ncccc1N)C1CC1. The normalized spacial score (nSPS) is 16.0. The summed E-state index contributed by atoms with van der Waals surface area (Å²) in [4.78, 5) is 4.09. The van der Waals surface area contributed by atoms with Crippen LogP contribution in [0.2, 0.25) is 0 Å². The Labute approximate surface area is 71.1 Å². The lowest BCUT2D eigenvalue weighted by Gasteiger charge is -2.03. The Bertz CT molecular complexity index is 315. The lowest BCUT2D eigenvalue weighted by molar-refractivity contribution is 1.13. The van der Waals surface area contributed by atoms with Gasteiger partial charge in [-0.15, -0.1) is 0 Å². The van der Waals surface area contributed by atoms with Gasteiger partial charge in [-0.05, 0) is 25.0 Å². The largest absolute Gasteiger partial charge is 0.397 e. The predicted octanol–water partition coefficient (Wildman–Crippen LogP) is 1.44. The van der Waals surface area contributed by atoms with Crippen LogP contribution in [-0.4, -0.2) is 10.7 Å². The second-order valence-electron chi connectivity index (χ2n) is 3.13. The van der Waals surface area contributed by atoms with Crippen molar-refractivity contribution in [3.8, 4) is 0 Å². The minimum Gasteiger partial charge on any atom is -0.397 e. The molecule has 1 fully saturated rings. The third-order valence-electron chi connectivity index (χ3n) is 2.08. The van der Waals surface area contributed by atoms with E-state index in [0.717, 1.165) is 12.8 Å². The number of pyridine rings is 1. The van der Waals surface area contributed by atoms with Crippen molar-refractivity contribution in [3.05, 3.63) is 24.0 Å². The number of rotatable bonds is 2. The molecule has 0 aromatic carbocycles. The summed E-state index contributed by atoms with van der Waals surface area (Å²) in [5, 5.41) is 7.75. The summed E-state index contributed by atoms with van der Waals surface area (Å²) in [6.07, 6.45) is 3.92. The molecule has 0 atom stereocenters. The van der Waals surface area contributed by atoms with Crippen LogP contribution in [0.3, 0.4) is 0 Å². The molecule has 1 aliphatic rings. The molecular formula is C9H11N3. The Morgan fingerprint density at radius 3 is 2.92 bits per heavy atom. The molecule has 3 N–H and O–H groups in total. The van der Waals surface area contributed by atoms with Gasteiger partial charge in [-0.3, -0.25) is 4.98 Å². The van der Waals surface area contributed by atoms with E-state index in [0.29, 0.717) is 23.0 Å². The number of nitrogens with one attached hydrogen (secondary N) is 1. The van der Waals surface area contributed by atoms with E-state index < -0.39 is 0 Å². The Morgan fingerprint density at radius 1 is 1.58 bits per heavy atom. The van der Waals surface area contributed by atoms with Crippen LogP contribution in [0.25, 0.3) is 0 Å². The van der Waals surface area contributed by atoms with E-state index in [9.17, 15) is 0 Å². The zero-order chi connectivity index (χ0) is 8.55. The first kappa shape index (κ1) is 7.28. The smallest absolute Gasteiger partial charge is 0.107 e. The first-order valence-electron chi connectivity index (χ1n) is 4.08. The van der Waals surface area contributed by atoms with Crippen molar-refractivity contribution < 1.29 is 0 Å². The average Bonchev–Trinajstić information content (AvgIpc) is 2.86. The minimum absolute atomic E-state index is 0.419. The first-order chi connectivity index (χ1) is 5.79. The van der Waals surface area contributed by atoms with Gasteiger partial charge in [0.15, 0.2) is 0 Å². The highest BCUT2D eigenvalue weighted by atomic mass is 14.8. The number of nitrogens with zero attached hydrogens (tertiary/aromatic N) is 1. The third-order valence-corrected chi connectivity index (χ3v) is 2.08. The lowest BCUT2D eigenvalue weighted by Crippen LogP contribution is -2.07. The highest BCUT2D eigenvalue weighted by Gasteiger charge is 2.28. The molecule has 0 unspecified atom stereocenters. The Morgan fingerprint density at radius 2 is 2.33 bits per heavy atom. The summed E-state index contributed by atoms with van der Waals surface area (Å²) in [6.45, 7) is 0. The molecule has 0 saturated heterocycles. The molecule has 0 bridgehead atoms. The molecule has 0 radical (unpaired) electrons. The quantitative estimate of drug-likeness (QED) is 0.645. The van der Waals surface area contributed by atoms with Crippen LogP contribution in [0, 0.1) is 11.3 Å². The van der Waals surface area contributed by atoms with Gasteiger partial charge < -0.3 is 11.1 Å². The van der Waals surface area contributed by atoms with Gasteiger partial charge in [-0.25, -0.2) is 0 Å². The van der Waals surface area contributed by atoms with Gasteiger partial charge >= 0.3 is 0 Å². The summed E-state index contributed by atoms with van der Waals surface area (Å²) in [7, 11) is 0. The van der Waals surface area contributed by atoms with E-state index in [1.165, 1.54) is 0 Å². The van der Waals surface area contributed by atoms with Crippen LogP contribution in [0.4, 0.5) is 5.69 Å². The number of anilines is 1. The van der Waals surface area contributed by atoms with Crippen LogP contribution in [-0.2, 0) is 0 Å². The fourth-order valence-corrected chi connectivity index (χ4v) is 1.21. The van der Waals surface area contributed by atoms with Gasteiger partial charge in [0, 0.05) is 12.1 Å². The standard InChI is InChI=1S/C9H11N3/c10-7-2-1-5-12-9(7)8(11)6-3-4-6/h1-2,5-6,11H,3-4,10H2. The number of aromatic nitrogens is 1. The topological polar surface area (TPSA) is 62.8 Å². The zero-order valence-electron chi connectivity index (χ0n) is 6.75. The van der Waals surface area contributed by atoms with E-state index >= 15 is 0 Å². The maximum Gasteiger partial charge on any atom is 0.107 e. The number of hydrogen-bond donors (Lipinski definition) is 2. The van der Waals surface area contributed by atoms with Gasteiger partial charge in [0.2, 0.25) is 0 Å². The minimum atomic E-state index is 0.419. The van der Waals surface area contributed by atoms with Crippen molar-refractivity contribution in [2.45, 2.75) is 12.8 Å². The molecule has 1 aromatic heterocycles. The number of nitrogen functional groups attached to an aromatic ring is 1. The molecule has 1 aromatic rings. The van der Waals surface area contributed by atoms with Gasteiger partial charge in [-0.2, -0.15) is 0 Å². The van der Waals surface area contributed by atoms with Crippen molar-refractivity contribution in [1.29, 1.82) is 5.41 Å². The molecule has 0 amide bonds. The van der Waals surface area contributed by atoms with Crippen LogP contribution in [0.5, 0.6) is 0 Å².